The molecule has 0 amide bonds. The van der Waals surface area contributed by atoms with Gasteiger partial charge in [0.2, 0.25) is 0 Å². The summed E-state index contributed by atoms with van der Waals surface area (Å²) in [4.78, 5) is 16.6. The highest BCUT2D eigenvalue weighted by Gasteiger charge is 2.04. The quantitative estimate of drug-likeness (QED) is 0.558. The second-order valence-electron chi connectivity index (χ2n) is 2.88. The summed E-state index contributed by atoms with van der Waals surface area (Å²) in [5, 5.41) is 0. The van der Waals surface area contributed by atoms with E-state index in [2.05, 4.69) is 9.97 Å². The molecule has 0 fully saturated rings. The highest BCUT2D eigenvalue weighted by Crippen LogP contribution is 2.19. The topological polar surface area (TPSA) is 48.6 Å². The molecule has 0 aliphatic heterocycles. The summed E-state index contributed by atoms with van der Waals surface area (Å²) in [6.45, 7) is 0. The van der Waals surface area contributed by atoms with Gasteiger partial charge in [0.1, 0.15) is 6.29 Å². The molecule has 2 N–H and O–H groups in total. The zero-order valence-electron chi connectivity index (χ0n) is 7.53. The van der Waals surface area contributed by atoms with Crippen molar-refractivity contribution >= 4 is 11.9 Å². The third-order valence-electron chi connectivity index (χ3n) is 2.01. The standard InChI is InChI=1S/C11H10N2O/c14-8-5-9(10-3-1-6-12-10)11-4-2-7-13-11/h1-8,12-13H. The number of aromatic amines is 2. The van der Waals surface area contributed by atoms with Gasteiger partial charge in [-0.25, -0.2) is 0 Å². The minimum Gasteiger partial charge on any atom is -0.361 e. The van der Waals surface area contributed by atoms with E-state index in [0.29, 0.717) is 0 Å². The van der Waals surface area contributed by atoms with Crippen LogP contribution in [0.15, 0.2) is 42.7 Å². The number of rotatable bonds is 3. The largest absolute Gasteiger partial charge is 0.361 e. The monoisotopic (exact) mass is 186 g/mol. The molecule has 0 saturated heterocycles. The number of carbonyl (C=O) groups is 1. The van der Waals surface area contributed by atoms with Gasteiger partial charge in [0, 0.05) is 29.4 Å². The second-order valence-corrected chi connectivity index (χ2v) is 2.88. The summed E-state index contributed by atoms with van der Waals surface area (Å²) >= 11 is 0. The lowest BCUT2D eigenvalue weighted by molar-refractivity contribution is -0.104. The van der Waals surface area contributed by atoms with Gasteiger partial charge in [-0.1, -0.05) is 0 Å². The van der Waals surface area contributed by atoms with Crippen LogP contribution in [-0.4, -0.2) is 16.3 Å². The lowest BCUT2D eigenvalue weighted by Crippen LogP contribution is -1.88. The molecule has 0 aliphatic rings. The van der Waals surface area contributed by atoms with Crippen molar-refractivity contribution in [3.63, 3.8) is 0 Å². The van der Waals surface area contributed by atoms with Gasteiger partial charge in [0.15, 0.2) is 0 Å². The van der Waals surface area contributed by atoms with Crippen molar-refractivity contribution in [2.45, 2.75) is 0 Å². The van der Waals surface area contributed by atoms with E-state index in [-0.39, 0.29) is 0 Å². The highest BCUT2D eigenvalue weighted by atomic mass is 16.1. The van der Waals surface area contributed by atoms with Crippen molar-refractivity contribution in [1.29, 1.82) is 0 Å². The maximum absolute atomic E-state index is 10.5. The summed E-state index contributed by atoms with van der Waals surface area (Å²) in [7, 11) is 0. The number of hydrogen-bond acceptors (Lipinski definition) is 1. The second kappa shape index (κ2) is 3.79. The Labute approximate surface area is 81.5 Å². The number of allylic oxidation sites excluding steroid dienone is 1. The van der Waals surface area contributed by atoms with E-state index in [9.17, 15) is 4.79 Å². The van der Waals surface area contributed by atoms with E-state index in [1.54, 1.807) is 0 Å². The predicted molar refractivity (Wildman–Crippen MR) is 54.7 cm³/mol. The Morgan fingerprint density at radius 2 is 1.64 bits per heavy atom. The third kappa shape index (κ3) is 1.52. The van der Waals surface area contributed by atoms with Crippen LogP contribution in [0.3, 0.4) is 0 Å². The van der Waals surface area contributed by atoms with Crippen LogP contribution < -0.4 is 0 Å². The first-order chi connectivity index (χ1) is 6.92. The van der Waals surface area contributed by atoms with Crippen molar-refractivity contribution in [1.82, 2.24) is 9.97 Å². The van der Waals surface area contributed by atoms with Gasteiger partial charge in [0.05, 0.1) is 0 Å². The fourth-order valence-corrected chi connectivity index (χ4v) is 1.39. The molecular formula is C11H10N2O. The van der Waals surface area contributed by atoms with Gasteiger partial charge in [-0.15, -0.1) is 0 Å². The smallest absolute Gasteiger partial charge is 0.143 e. The number of nitrogens with one attached hydrogen (secondary N) is 2. The van der Waals surface area contributed by atoms with Gasteiger partial charge >= 0.3 is 0 Å². The van der Waals surface area contributed by atoms with E-state index >= 15 is 0 Å². The van der Waals surface area contributed by atoms with E-state index < -0.39 is 0 Å². The van der Waals surface area contributed by atoms with E-state index in [4.69, 9.17) is 0 Å². The molecule has 0 bridgehead atoms. The van der Waals surface area contributed by atoms with Crippen LogP contribution in [0.4, 0.5) is 0 Å². The van der Waals surface area contributed by atoms with Crippen LogP contribution in [0.2, 0.25) is 0 Å². The van der Waals surface area contributed by atoms with Crippen LogP contribution in [0, 0.1) is 0 Å². The first-order valence-corrected chi connectivity index (χ1v) is 4.35. The Kier molecular flexibility index (Phi) is 2.32. The molecule has 2 rings (SSSR count). The van der Waals surface area contributed by atoms with Crippen LogP contribution >= 0.6 is 0 Å². The number of hydrogen-bond donors (Lipinski definition) is 2. The maximum Gasteiger partial charge on any atom is 0.143 e. The SMILES string of the molecule is O=CC=C(c1ccc[nH]1)c1ccc[nH]1. The molecule has 0 atom stereocenters. The van der Waals surface area contributed by atoms with Gasteiger partial charge in [0.25, 0.3) is 0 Å². The molecule has 2 heterocycles. The molecule has 0 aliphatic carbocycles. The summed E-state index contributed by atoms with van der Waals surface area (Å²) in [6.07, 6.45) is 5.99. The fourth-order valence-electron chi connectivity index (χ4n) is 1.39. The zero-order valence-corrected chi connectivity index (χ0v) is 7.53. The van der Waals surface area contributed by atoms with Crippen molar-refractivity contribution in [2.24, 2.45) is 0 Å². The van der Waals surface area contributed by atoms with E-state index in [1.807, 2.05) is 36.7 Å². The minimum atomic E-state index is 0.789. The molecular weight excluding hydrogens is 176 g/mol. The van der Waals surface area contributed by atoms with Crippen molar-refractivity contribution < 1.29 is 4.79 Å². The fraction of sp³-hybridized carbons (Fsp3) is 0. The number of carbonyl (C=O) groups excluding carboxylic acids is 1. The van der Waals surface area contributed by atoms with Gasteiger partial charge in [-0.2, -0.15) is 0 Å². The highest BCUT2D eigenvalue weighted by molar-refractivity contribution is 5.87. The molecule has 70 valence electrons. The van der Waals surface area contributed by atoms with E-state index in [1.165, 1.54) is 6.08 Å². The number of aldehydes is 1. The van der Waals surface area contributed by atoms with Gasteiger partial charge in [-0.3, -0.25) is 4.79 Å². The Bertz CT molecular complexity index is 388. The molecule has 0 radical (unpaired) electrons. The average Bonchev–Trinajstić information content (AvgIpc) is 2.87. The zero-order chi connectivity index (χ0) is 9.80. The first-order valence-electron chi connectivity index (χ1n) is 4.35. The predicted octanol–water partition coefficient (Wildman–Crippen LogP) is 1.97. The number of aromatic nitrogens is 2. The van der Waals surface area contributed by atoms with Crippen molar-refractivity contribution in [3.8, 4) is 0 Å². The number of H-pyrrole nitrogens is 2. The molecule has 0 saturated carbocycles. The third-order valence-corrected chi connectivity index (χ3v) is 2.01. The molecule has 14 heavy (non-hydrogen) atoms. The molecule has 0 spiro atoms. The Morgan fingerprint density at radius 3 is 2.00 bits per heavy atom. The minimum absolute atomic E-state index is 0.789. The van der Waals surface area contributed by atoms with E-state index in [0.717, 1.165) is 23.2 Å². The van der Waals surface area contributed by atoms with Gasteiger partial charge in [-0.05, 0) is 30.3 Å². The van der Waals surface area contributed by atoms with Crippen LogP contribution in [0.1, 0.15) is 11.4 Å². The molecule has 3 heteroatoms. The summed E-state index contributed by atoms with van der Waals surface area (Å²) in [5.74, 6) is 0. The average molecular weight is 186 g/mol. The lowest BCUT2D eigenvalue weighted by atomic mass is 10.1. The molecule has 3 nitrogen and oxygen atoms in total. The normalized spacial score (nSPS) is 9.71. The Balaban J connectivity index is 2.45. The summed E-state index contributed by atoms with van der Waals surface area (Å²) < 4.78 is 0. The first kappa shape index (κ1) is 8.56. The van der Waals surface area contributed by atoms with Gasteiger partial charge < -0.3 is 9.97 Å². The lowest BCUT2D eigenvalue weighted by Gasteiger charge is -2.00. The summed E-state index contributed by atoms with van der Waals surface area (Å²) in [6, 6.07) is 7.65. The molecule has 0 aromatic carbocycles. The molecule has 2 aromatic heterocycles. The Hall–Kier alpha value is -2.03. The molecule has 0 unspecified atom stereocenters. The van der Waals surface area contributed by atoms with Crippen molar-refractivity contribution in [3.05, 3.63) is 54.1 Å². The molecule has 2 aromatic rings. The maximum atomic E-state index is 10.5. The van der Waals surface area contributed by atoms with Crippen LogP contribution in [0.5, 0.6) is 0 Å². The van der Waals surface area contributed by atoms with Crippen LogP contribution in [-0.2, 0) is 4.79 Å². The van der Waals surface area contributed by atoms with Crippen LogP contribution in [0.25, 0.3) is 5.57 Å². The van der Waals surface area contributed by atoms with Crippen molar-refractivity contribution in [2.75, 3.05) is 0 Å². The Morgan fingerprint density at radius 1 is 1.07 bits per heavy atom. The summed E-state index contributed by atoms with van der Waals surface area (Å²) in [5.41, 5.74) is 2.73.